The molecular formula is C14H29NOS. The fraction of sp³-hybridized carbons (Fsp3) is 1.00. The third-order valence-electron chi connectivity index (χ3n) is 3.57. The summed E-state index contributed by atoms with van der Waals surface area (Å²) in [4.78, 5) is 0. The van der Waals surface area contributed by atoms with Crippen molar-refractivity contribution in [2.75, 3.05) is 18.1 Å². The highest BCUT2D eigenvalue weighted by Crippen LogP contribution is 2.27. The predicted octanol–water partition coefficient (Wildman–Crippen LogP) is 2.95. The Morgan fingerprint density at radius 3 is 2.35 bits per heavy atom. The van der Waals surface area contributed by atoms with E-state index in [0.717, 1.165) is 24.0 Å². The zero-order chi connectivity index (χ0) is 12.7. The van der Waals surface area contributed by atoms with E-state index in [-0.39, 0.29) is 0 Å². The largest absolute Gasteiger partial charge is 0.313 e. The van der Waals surface area contributed by atoms with Crippen molar-refractivity contribution in [3.8, 4) is 0 Å². The van der Waals surface area contributed by atoms with Crippen molar-refractivity contribution in [3.63, 3.8) is 0 Å². The summed E-state index contributed by atoms with van der Waals surface area (Å²) in [5, 5.41) is 3.56. The van der Waals surface area contributed by atoms with Gasteiger partial charge < -0.3 is 5.32 Å². The Bertz CT molecular complexity index is 224. The molecule has 2 atom stereocenters. The van der Waals surface area contributed by atoms with E-state index < -0.39 is 10.8 Å². The van der Waals surface area contributed by atoms with E-state index in [1.54, 1.807) is 0 Å². The molecule has 1 rings (SSSR count). The van der Waals surface area contributed by atoms with Gasteiger partial charge in [-0.25, -0.2) is 0 Å². The van der Waals surface area contributed by atoms with Crippen LogP contribution in [0.2, 0.25) is 0 Å². The fourth-order valence-electron chi connectivity index (χ4n) is 2.80. The van der Waals surface area contributed by atoms with Crippen LogP contribution < -0.4 is 5.32 Å². The standard InChI is InChI=1S/C14H29NOS/c1-4-15-14(11-17(16)10-12(2)3)13-8-6-5-7-9-13/h12-15H,4-11H2,1-3H3. The summed E-state index contributed by atoms with van der Waals surface area (Å²) in [6.45, 7) is 7.46. The van der Waals surface area contributed by atoms with E-state index in [9.17, 15) is 4.21 Å². The second kappa shape index (κ2) is 8.25. The van der Waals surface area contributed by atoms with Crippen LogP contribution in [0.25, 0.3) is 0 Å². The first-order valence-electron chi connectivity index (χ1n) is 7.21. The minimum Gasteiger partial charge on any atom is -0.313 e. The lowest BCUT2D eigenvalue weighted by Crippen LogP contribution is -2.41. The normalized spacial score (nSPS) is 21.6. The van der Waals surface area contributed by atoms with E-state index in [2.05, 4.69) is 26.1 Å². The molecule has 0 spiro atoms. The van der Waals surface area contributed by atoms with Crippen LogP contribution in [0.4, 0.5) is 0 Å². The molecule has 0 aromatic carbocycles. The molecule has 0 aromatic rings. The quantitative estimate of drug-likeness (QED) is 0.761. The highest BCUT2D eigenvalue weighted by atomic mass is 32.2. The van der Waals surface area contributed by atoms with E-state index in [4.69, 9.17) is 0 Å². The fourth-order valence-corrected chi connectivity index (χ4v) is 4.47. The van der Waals surface area contributed by atoms with Crippen molar-refractivity contribution in [2.24, 2.45) is 11.8 Å². The van der Waals surface area contributed by atoms with E-state index in [1.165, 1.54) is 32.1 Å². The van der Waals surface area contributed by atoms with Crippen LogP contribution in [0, 0.1) is 11.8 Å². The van der Waals surface area contributed by atoms with Crippen molar-refractivity contribution in [1.29, 1.82) is 0 Å². The molecule has 2 nitrogen and oxygen atoms in total. The molecule has 0 aliphatic heterocycles. The van der Waals surface area contributed by atoms with E-state index >= 15 is 0 Å². The first-order valence-corrected chi connectivity index (χ1v) is 8.70. The van der Waals surface area contributed by atoms with Gasteiger partial charge in [0.15, 0.2) is 0 Å². The van der Waals surface area contributed by atoms with E-state index in [0.29, 0.717) is 12.0 Å². The van der Waals surface area contributed by atoms with Crippen LogP contribution in [0.15, 0.2) is 0 Å². The lowest BCUT2D eigenvalue weighted by molar-refractivity contribution is 0.287. The molecule has 0 aromatic heterocycles. The Hall–Kier alpha value is 0.110. The number of nitrogens with one attached hydrogen (secondary N) is 1. The number of hydrogen-bond donors (Lipinski definition) is 1. The summed E-state index contributed by atoms with van der Waals surface area (Å²) >= 11 is 0. The molecule has 102 valence electrons. The monoisotopic (exact) mass is 259 g/mol. The summed E-state index contributed by atoms with van der Waals surface area (Å²) in [6, 6.07) is 0.486. The molecule has 0 heterocycles. The maximum absolute atomic E-state index is 12.1. The SMILES string of the molecule is CCNC(CS(=O)CC(C)C)C1CCCCC1. The lowest BCUT2D eigenvalue weighted by Gasteiger charge is -2.30. The summed E-state index contributed by atoms with van der Waals surface area (Å²) in [5.41, 5.74) is 0. The molecule has 0 amide bonds. The van der Waals surface area contributed by atoms with Gasteiger partial charge in [-0.1, -0.05) is 40.0 Å². The van der Waals surface area contributed by atoms with Crippen LogP contribution >= 0.6 is 0 Å². The maximum atomic E-state index is 12.1. The third kappa shape index (κ3) is 6.01. The van der Waals surface area contributed by atoms with Gasteiger partial charge in [0, 0.05) is 28.3 Å². The van der Waals surface area contributed by atoms with Crippen molar-refractivity contribution >= 4 is 10.8 Å². The van der Waals surface area contributed by atoms with Gasteiger partial charge in [0.05, 0.1) is 0 Å². The van der Waals surface area contributed by atoms with Crippen molar-refractivity contribution < 1.29 is 4.21 Å². The molecule has 0 bridgehead atoms. The molecule has 17 heavy (non-hydrogen) atoms. The van der Waals surface area contributed by atoms with Crippen LogP contribution in [0.3, 0.4) is 0 Å². The number of rotatable bonds is 7. The lowest BCUT2D eigenvalue weighted by atomic mass is 9.84. The van der Waals surface area contributed by atoms with Gasteiger partial charge in [0.2, 0.25) is 0 Å². The highest BCUT2D eigenvalue weighted by Gasteiger charge is 2.24. The summed E-state index contributed by atoms with van der Waals surface area (Å²) in [7, 11) is -0.646. The summed E-state index contributed by atoms with van der Waals surface area (Å²) in [6.07, 6.45) is 6.78. The molecule has 3 heteroatoms. The van der Waals surface area contributed by atoms with Gasteiger partial charge >= 0.3 is 0 Å². The second-order valence-electron chi connectivity index (χ2n) is 5.73. The molecule has 2 unspecified atom stereocenters. The average Bonchev–Trinajstić information content (AvgIpc) is 2.28. The van der Waals surface area contributed by atoms with Gasteiger partial charge in [0.1, 0.15) is 0 Å². The molecule has 1 aliphatic carbocycles. The minimum atomic E-state index is -0.646. The van der Waals surface area contributed by atoms with Crippen molar-refractivity contribution in [3.05, 3.63) is 0 Å². The van der Waals surface area contributed by atoms with E-state index in [1.807, 2.05) is 0 Å². The zero-order valence-corrected chi connectivity index (χ0v) is 12.5. The topological polar surface area (TPSA) is 29.1 Å². The van der Waals surface area contributed by atoms with Gasteiger partial charge in [-0.05, 0) is 31.2 Å². The Balaban J connectivity index is 2.43. The average molecular weight is 259 g/mol. The molecule has 1 N–H and O–H groups in total. The van der Waals surface area contributed by atoms with Crippen molar-refractivity contribution in [2.45, 2.75) is 58.9 Å². The van der Waals surface area contributed by atoms with Gasteiger partial charge in [-0.2, -0.15) is 0 Å². The summed E-state index contributed by atoms with van der Waals surface area (Å²) < 4.78 is 12.1. The number of hydrogen-bond acceptors (Lipinski definition) is 2. The third-order valence-corrected chi connectivity index (χ3v) is 5.34. The highest BCUT2D eigenvalue weighted by molar-refractivity contribution is 7.85. The first kappa shape index (κ1) is 15.2. The molecule has 1 saturated carbocycles. The van der Waals surface area contributed by atoms with Gasteiger partial charge in [-0.15, -0.1) is 0 Å². The minimum absolute atomic E-state index is 0.486. The Morgan fingerprint density at radius 1 is 1.18 bits per heavy atom. The molecule has 1 fully saturated rings. The van der Waals surface area contributed by atoms with Crippen molar-refractivity contribution in [1.82, 2.24) is 5.32 Å². The predicted molar refractivity (Wildman–Crippen MR) is 76.8 cm³/mol. The maximum Gasteiger partial charge on any atom is 0.0391 e. The van der Waals surface area contributed by atoms with Crippen LogP contribution in [0.1, 0.15) is 52.9 Å². The second-order valence-corrected chi connectivity index (χ2v) is 7.28. The van der Waals surface area contributed by atoms with Crippen LogP contribution in [-0.4, -0.2) is 28.3 Å². The zero-order valence-electron chi connectivity index (χ0n) is 11.7. The molecule has 1 aliphatic rings. The van der Waals surface area contributed by atoms with Gasteiger partial charge in [-0.3, -0.25) is 4.21 Å². The summed E-state index contributed by atoms with van der Waals surface area (Å²) in [5.74, 6) is 3.02. The Labute approximate surface area is 109 Å². The smallest absolute Gasteiger partial charge is 0.0391 e. The van der Waals surface area contributed by atoms with Crippen LogP contribution in [0.5, 0.6) is 0 Å². The van der Waals surface area contributed by atoms with Crippen LogP contribution in [-0.2, 0) is 10.8 Å². The first-order chi connectivity index (χ1) is 8.13. The van der Waals surface area contributed by atoms with Gasteiger partial charge in [0.25, 0.3) is 0 Å². The molecular weight excluding hydrogens is 230 g/mol. The molecule has 0 radical (unpaired) electrons. The Morgan fingerprint density at radius 2 is 1.82 bits per heavy atom. The molecule has 0 saturated heterocycles. The Kier molecular flexibility index (Phi) is 7.36.